The second-order valence-electron chi connectivity index (χ2n) is 7.07. The lowest BCUT2D eigenvalue weighted by Gasteiger charge is -2.12. The fraction of sp³-hybridized carbons (Fsp3) is 0.286. The van der Waals surface area contributed by atoms with E-state index in [4.69, 9.17) is 21.1 Å². The van der Waals surface area contributed by atoms with Gasteiger partial charge in [-0.05, 0) is 49.2 Å². The van der Waals surface area contributed by atoms with Gasteiger partial charge in [0.05, 0.1) is 10.5 Å². The smallest absolute Gasteiger partial charge is 0.338 e. The van der Waals surface area contributed by atoms with Crippen molar-refractivity contribution in [2.24, 2.45) is 0 Å². The number of amides is 3. The summed E-state index contributed by atoms with van der Waals surface area (Å²) in [6.07, 6.45) is 3.83. The molecule has 0 atom stereocenters. The van der Waals surface area contributed by atoms with E-state index < -0.39 is 29.4 Å². The van der Waals surface area contributed by atoms with Crippen molar-refractivity contribution in [3.63, 3.8) is 0 Å². The Morgan fingerprint density at radius 2 is 1.78 bits per heavy atom. The Labute approximate surface area is 188 Å². The molecule has 0 unspecified atom stereocenters. The molecular weight excluding hydrogens is 442 g/mol. The third-order valence-corrected chi connectivity index (χ3v) is 4.95. The number of halogens is 1. The number of carbonyl (C=O) groups is 3. The molecule has 2 aromatic rings. The highest BCUT2D eigenvalue weighted by Crippen LogP contribution is 2.33. The van der Waals surface area contributed by atoms with Crippen molar-refractivity contribution in [2.75, 3.05) is 6.61 Å². The predicted molar refractivity (Wildman–Crippen MR) is 114 cm³/mol. The maximum atomic E-state index is 12.1. The number of nitro groups is 1. The minimum atomic E-state index is -0.777. The second kappa shape index (κ2) is 10.6. The average Bonchev–Trinajstić information content (AvgIpc) is 3.26. The van der Waals surface area contributed by atoms with Crippen LogP contribution in [0, 0.1) is 10.1 Å². The molecule has 168 valence electrons. The quantitative estimate of drug-likeness (QED) is 0.361. The third kappa shape index (κ3) is 6.42. The van der Waals surface area contributed by atoms with E-state index in [1.807, 2.05) is 0 Å². The van der Waals surface area contributed by atoms with Crippen LogP contribution in [0.1, 0.15) is 36.0 Å². The minimum Gasteiger partial charge on any atom is -0.452 e. The summed E-state index contributed by atoms with van der Waals surface area (Å²) in [4.78, 5) is 46.2. The van der Waals surface area contributed by atoms with E-state index in [-0.39, 0.29) is 33.8 Å². The van der Waals surface area contributed by atoms with E-state index in [1.165, 1.54) is 42.5 Å². The molecule has 0 aliphatic heterocycles. The molecule has 2 aromatic carbocycles. The van der Waals surface area contributed by atoms with Gasteiger partial charge in [-0.15, -0.1) is 0 Å². The third-order valence-electron chi connectivity index (χ3n) is 4.71. The number of hydrogen-bond acceptors (Lipinski definition) is 7. The number of imide groups is 1. The van der Waals surface area contributed by atoms with E-state index in [9.17, 15) is 24.5 Å². The molecule has 0 heterocycles. The van der Waals surface area contributed by atoms with Crippen molar-refractivity contribution >= 4 is 35.2 Å². The van der Waals surface area contributed by atoms with Gasteiger partial charge in [0.1, 0.15) is 5.75 Å². The molecule has 11 heteroatoms. The summed E-state index contributed by atoms with van der Waals surface area (Å²) in [5, 5.41) is 16.1. The van der Waals surface area contributed by atoms with E-state index in [1.54, 1.807) is 0 Å². The van der Waals surface area contributed by atoms with Crippen molar-refractivity contribution in [1.29, 1.82) is 0 Å². The topological polar surface area (TPSA) is 137 Å². The maximum Gasteiger partial charge on any atom is 0.338 e. The van der Waals surface area contributed by atoms with E-state index in [0.29, 0.717) is 0 Å². The number of nitrogens with zero attached hydrogens (tertiary/aromatic N) is 1. The first-order valence-corrected chi connectivity index (χ1v) is 10.2. The van der Waals surface area contributed by atoms with Crippen LogP contribution in [0.25, 0.3) is 0 Å². The summed E-state index contributed by atoms with van der Waals surface area (Å²) >= 11 is 5.78. The van der Waals surface area contributed by atoms with E-state index >= 15 is 0 Å². The molecular formula is C21H20ClN3O7. The average molecular weight is 462 g/mol. The number of carbonyl (C=O) groups excluding carboxylic acids is 3. The summed E-state index contributed by atoms with van der Waals surface area (Å²) in [5.74, 6) is -1.29. The van der Waals surface area contributed by atoms with Gasteiger partial charge in [0.25, 0.3) is 5.91 Å². The Balaban J connectivity index is 1.50. The molecule has 1 fully saturated rings. The maximum absolute atomic E-state index is 12.1. The first-order chi connectivity index (χ1) is 15.3. The number of nitrogens with one attached hydrogen (secondary N) is 2. The zero-order valence-corrected chi connectivity index (χ0v) is 17.6. The van der Waals surface area contributed by atoms with Crippen molar-refractivity contribution < 1.29 is 28.8 Å². The minimum absolute atomic E-state index is 0.0118. The van der Waals surface area contributed by atoms with Crippen LogP contribution in [0.15, 0.2) is 42.5 Å². The molecule has 0 bridgehead atoms. The highest BCUT2D eigenvalue weighted by molar-refractivity contribution is 6.30. The van der Waals surface area contributed by atoms with Gasteiger partial charge in [-0.2, -0.15) is 0 Å². The highest BCUT2D eigenvalue weighted by Gasteiger charge is 2.19. The van der Waals surface area contributed by atoms with Crippen molar-refractivity contribution in [3.05, 3.63) is 63.2 Å². The molecule has 0 spiro atoms. The Kier molecular flexibility index (Phi) is 7.61. The summed E-state index contributed by atoms with van der Waals surface area (Å²) in [6, 6.07) is 9.03. The first-order valence-electron chi connectivity index (χ1n) is 9.81. The fourth-order valence-corrected chi connectivity index (χ4v) is 3.34. The number of hydrogen-bond donors (Lipinski definition) is 2. The van der Waals surface area contributed by atoms with Gasteiger partial charge in [0.2, 0.25) is 5.75 Å². The van der Waals surface area contributed by atoms with Crippen molar-refractivity contribution in [1.82, 2.24) is 10.6 Å². The lowest BCUT2D eigenvalue weighted by atomic mass is 10.2. The standard InChI is InChI=1S/C21H20ClN3O7/c22-14-7-10-18(17(11-14)25(29)30)32-16-8-5-13(6-9-16)20(27)31-12-19(26)24-21(28)23-15-3-1-2-4-15/h5-11,15H,1-4,12H2,(H2,23,24,26,28). The van der Waals surface area contributed by atoms with Crippen LogP contribution in [0.3, 0.4) is 0 Å². The van der Waals surface area contributed by atoms with Crippen LogP contribution < -0.4 is 15.4 Å². The normalized spacial score (nSPS) is 13.3. The lowest BCUT2D eigenvalue weighted by molar-refractivity contribution is -0.385. The summed E-state index contributed by atoms with van der Waals surface area (Å²) in [6.45, 7) is -0.619. The van der Waals surface area contributed by atoms with Gasteiger partial charge in [0.15, 0.2) is 6.61 Å². The number of nitro benzene ring substituents is 1. The number of benzene rings is 2. The van der Waals surface area contributed by atoms with Gasteiger partial charge in [0, 0.05) is 17.1 Å². The lowest BCUT2D eigenvalue weighted by Crippen LogP contribution is -2.44. The highest BCUT2D eigenvalue weighted by atomic mass is 35.5. The van der Waals surface area contributed by atoms with Gasteiger partial charge in [-0.25, -0.2) is 9.59 Å². The molecule has 0 aromatic heterocycles. The Morgan fingerprint density at radius 1 is 1.09 bits per heavy atom. The SMILES string of the molecule is O=C(COC(=O)c1ccc(Oc2ccc(Cl)cc2[N+](=O)[O-])cc1)NC(=O)NC1CCCC1. The number of esters is 1. The van der Waals surface area contributed by atoms with Gasteiger partial charge >= 0.3 is 17.7 Å². The predicted octanol–water partition coefficient (Wildman–Crippen LogP) is 3.97. The molecule has 3 rings (SSSR count). The van der Waals surface area contributed by atoms with Crippen LogP contribution in [-0.4, -0.2) is 35.5 Å². The van der Waals surface area contributed by atoms with Gasteiger partial charge in [-0.1, -0.05) is 24.4 Å². The van der Waals surface area contributed by atoms with Gasteiger partial charge in [-0.3, -0.25) is 20.2 Å². The molecule has 3 amide bonds. The Bertz CT molecular complexity index is 1020. The second-order valence-corrected chi connectivity index (χ2v) is 7.51. The number of ether oxygens (including phenoxy) is 2. The first kappa shape index (κ1) is 23.0. The molecule has 0 saturated heterocycles. The zero-order chi connectivity index (χ0) is 23.1. The van der Waals surface area contributed by atoms with Crippen molar-refractivity contribution in [2.45, 2.75) is 31.7 Å². The summed E-state index contributed by atoms with van der Waals surface area (Å²) < 4.78 is 10.4. The largest absolute Gasteiger partial charge is 0.452 e. The van der Waals surface area contributed by atoms with Crippen LogP contribution in [0.2, 0.25) is 5.02 Å². The Morgan fingerprint density at radius 3 is 2.44 bits per heavy atom. The molecule has 32 heavy (non-hydrogen) atoms. The van der Waals surface area contributed by atoms with Crippen LogP contribution in [0.4, 0.5) is 10.5 Å². The number of rotatable bonds is 7. The monoisotopic (exact) mass is 461 g/mol. The molecule has 1 aliphatic rings. The molecule has 0 radical (unpaired) electrons. The molecule has 1 aliphatic carbocycles. The van der Waals surface area contributed by atoms with E-state index in [2.05, 4.69) is 10.6 Å². The molecule has 10 nitrogen and oxygen atoms in total. The van der Waals surface area contributed by atoms with Crippen molar-refractivity contribution in [3.8, 4) is 11.5 Å². The zero-order valence-electron chi connectivity index (χ0n) is 16.8. The van der Waals surface area contributed by atoms with Crippen LogP contribution in [-0.2, 0) is 9.53 Å². The fourth-order valence-electron chi connectivity index (χ4n) is 3.17. The van der Waals surface area contributed by atoms with Gasteiger partial charge < -0.3 is 14.8 Å². The number of urea groups is 1. The van der Waals surface area contributed by atoms with Crippen LogP contribution >= 0.6 is 11.6 Å². The molecule has 1 saturated carbocycles. The van der Waals surface area contributed by atoms with E-state index in [0.717, 1.165) is 25.7 Å². The summed E-state index contributed by atoms with van der Waals surface area (Å²) in [7, 11) is 0. The summed E-state index contributed by atoms with van der Waals surface area (Å²) in [5.41, 5.74) is -0.171. The Hall–Kier alpha value is -3.66. The molecule has 2 N–H and O–H groups in total. The van der Waals surface area contributed by atoms with Crippen LogP contribution in [0.5, 0.6) is 11.5 Å².